The van der Waals surface area contributed by atoms with Crippen molar-refractivity contribution in [1.29, 1.82) is 0 Å². The fourth-order valence-corrected chi connectivity index (χ4v) is 1.81. The van der Waals surface area contributed by atoms with Crippen LogP contribution >= 0.6 is 0 Å². The monoisotopic (exact) mass is 220 g/mol. The summed E-state index contributed by atoms with van der Waals surface area (Å²) >= 11 is 0. The second kappa shape index (κ2) is 5.66. The van der Waals surface area contributed by atoms with E-state index in [1.54, 1.807) is 0 Å². The van der Waals surface area contributed by atoms with Crippen LogP contribution in [-0.2, 0) is 9.53 Å². The zero-order chi connectivity index (χ0) is 11.2. The standard InChI is InChI=1S/C13H16O3/c14-11-6-7-13(10-11)16-9-8-15-12-4-2-1-3-5-12/h1-5,13H,6-10H2. The third-order valence-electron chi connectivity index (χ3n) is 2.65. The van der Waals surface area contributed by atoms with E-state index in [4.69, 9.17) is 9.47 Å². The molecule has 1 unspecified atom stereocenters. The number of hydrogen-bond acceptors (Lipinski definition) is 3. The lowest BCUT2D eigenvalue weighted by atomic mass is 10.3. The summed E-state index contributed by atoms with van der Waals surface area (Å²) in [4.78, 5) is 11.0. The third-order valence-corrected chi connectivity index (χ3v) is 2.65. The van der Waals surface area contributed by atoms with Crippen LogP contribution < -0.4 is 4.74 Å². The lowest BCUT2D eigenvalue weighted by molar-refractivity contribution is -0.118. The van der Waals surface area contributed by atoms with Gasteiger partial charge in [0.05, 0.1) is 12.7 Å². The van der Waals surface area contributed by atoms with E-state index in [-0.39, 0.29) is 6.10 Å². The van der Waals surface area contributed by atoms with Crippen LogP contribution in [0.5, 0.6) is 5.75 Å². The lowest BCUT2D eigenvalue weighted by Gasteiger charge is -2.11. The van der Waals surface area contributed by atoms with E-state index in [1.807, 2.05) is 30.3 Å². The van der Waals surface area contributed by atoms with Gasteiger partial charge in [-0.2, -0.15) is 0 Å². The number of Topliss-reactive ketones (excluding diaryl/α,β-unsaturated/α-hetero) is 1. The first kappa shape index (κ1) is 11.1. The van der Waals surface area contributed by atoms with Gasteiger partial charge in [0.25, 0.3) is 0 Å². The van der Waals surface area contributed by atoms with Gasteiger partial charge in [-0.3, -0.25) is 4.79 Å². The number of carbonyl (C=O) groups is 1. The molecule has 1 atom stereocenters. The highest BCUT2D eigenvalue weighted by Gasteiger charge is 2.22. The van der Waals surface area contributed by atoms with Crippen LogP contribution in [0, 0.1) is 0 Å². The Balaban J connectivity index is 1.60. The Kier molecular flexibility index (Phi) is 3.94. The number of ether oxygens (including phenoxy) is 2. The predicted molar refractivity (Wildman–Crippen MR) is 60.5 cm³/mol. The first-order chi connectivity index (χ1) is 7.84. The van der Waals surface area contributed by atoms with E-state index < -0.39 is 0 Å². The molecule has 0 amide bonds. The minimum absolute atomic E-state index is 0.117. The largest absolute Gasteiger partial charge is 0.491 e. The molecule has 0 spiro atoms. The summed E-state index contributed by atoms with van der Waals surface area (Å²) in [6.07, 6.45) is 2.23. The molecule has 16 heavy (non-hydrogen) atoms. The number of carbonyl (C=O) groups excluding carboxylic acids is 1. The van der Waals surface area contributed by atoms with Crippen molar-refractivity contribution in [3.05, 3.63) is 30.3 Å². The van der Waals surface area contributed by atoms with Crippen molar-refractivity contribution in [3.8, 4) is 5.75 Å². The summed E-state index contributed by atoms with van der Waals surface area (Å²) in [6, 6.07) is 9.66. The maximum Gasteiger partial charge on any atom is 0.135 e. The fraction of sp³-hybridized carbons (Fsp3) is 0.462. The van der Waals surface area contributed by atoms with Crippen LogP contribution in [0.2, 0.25) is 0 Å². The number of ketones is 1. The van der Waals surface area contributed by atoms with Gasteiger partial charge >= 0.3 is 0 Å². The normalized spacial score (nSPS) is 20.0. The molecule has 3 heteroatoms. The molecule has 3 nitrogen and oxygen atoms in total. The summed E-state index contributed by atoms with van der Waals surface area (Å²) < 4.78 is 11.0. The van der Waals surface area contributed by atoms with Gasteiger partial charge in [0.2, 0.25) is 0 Å². The summed E-state index contributed by atoms with van der Waals surface area (Å²) in [5.74, 6) is 1.17. The highest BCUT2D eigenvalue weighted by molar-refractivity contribution is 5.81. The Labute approximate surface area is 95.4 Å². The first-order valence-corrected chi connectivity index (χ1v) is 5.66. The molecule has 1 aliphatic carbocycles. The topological polar surface area (TPSA) is 35.5 Å². The van der Waals surface area contributed by atoms with Crippen molar-refractivity contribution in [2.45, 2.75) is 25.4 Å². The Hall–Kier alpha value is -1.35. The van der Waals surface area contributed by atoms with Gasteiger partial charge in [0.15, 0.2) is 0 Å². The number of hydrogen-bond donors (Lipinski definition) is 0. The van der Waals surface area contributed by atoms with Crippen molar-refractivity contribution in [3.63, 3.8) is 0 Å². The van der Waals surface area contributed by atoms with Crippen LogP contribution in [0.1, 0.15) is 19.3 Å². The fourth-order valence-electron chi connectivity index (χ4n) is 1.81. The molecule has 0 heterocycles. The van der Waals surface area contributed by atoms with E-state index in [0.29, 0.717) is 31.8 Å². The Morgan fingerprint density at radius 3 is 2.69 bits per heavy atom. The van der Waals surface area contributed by atoms with Crippen molar-refractivity contribution < 1.29 is 14.3 Å². The van der Waals surface area contributed by atoms with Gasteiger partial charge in [0.1, 0.15) is 18.1 Å². The SMILES string of the molecule is O=C1CCC(OCCOc2ccccc2)C1. The summed E-state index contributed by atoms with van der Waals surface area (Å²) in [6.45, 7) is 1.08. The third kappa shape index (κ3) is 3.35. The summed E-state index contributed by atoms with van der Waals surface area (Å²) in [5, 5.41) is 0. The molecule has 86 valence electrons. The minimum atomic E-state index is 0.117. The highest BCUT2D eigenvalue weighted by atomic mass is 16.5. The molecule has 0 aliphatic heterocycles. The second-order valence-electron chi connectivity index (χ2n) is 3.94. The summed E-state index contributed by atoms with van der Waals surface area (Å²) in [5.41, 5.74) is 0. The predicted octanol–water partition coefficient (Wildman–Crippen LogP) is 2.20. The average Bonchev–Trinajstić information content (AvgIpc) is 2.72. The molecule has 1 aromatic carbocycles. The maximum atomic E-state index is 11.0. The molecular formula is C13H16O3. The van der Waals surface area contributed by atoms with Crippen LogP contribution in [-0.4, -0.2) is 25.1 Å². The lowest BCUT2D eigenvalue weighted by Crippen LogP contribution is -2.14. The van der Waals surface area contributed by atoms with Crippen LogP contribution in [0.25, 0.3) is 0 Å². The second-order valence-corrected chi connectivity index (χ2v) is 3.94. The Bertz CT molecular complexity index is 334. The Morgan fingerprint density at radius 2 is 2.00 bits per heavy atom. The maximum absolute atomic E-state index is 11.0. The van der Waals surface area contributed by atoms with E-state index in [0.717, 1.165) is 12.2 Å². The van der Waals surface area contributed by atoms with Crippen molar-refractivity contribution in [1.82, 2.24) is 0 Å². The van der Waals surface area contributed by atoms with Gasteiger partial charge < -0.3 is 9.47 Å². The quantitative estimate of drug-likeness (QED) is 0.714. The molecule has 1 aromatic rings. The number of para-hydroxylation sites is 1. The summed E-state index contributed by atoms with van der Waals surface area (Å²) in [7, 11) is 0. The van der Waals surface area contributed by atoms with Crippen LogP contribution in [0.4, 0.5) is 0 Å². The molecule has 0 bridgehead atoms. The molecule has 0 N–H and O–H groups in total. The van der Waals surface area contributed by atoms with Crippen molar-refractivity contribution in [2.75, 3.05) is 13.2 Å². The molecule has 1 aliphatic rings. The van der Waals surface area contributed by atoms with Crippen molar-refractivity contribution >= 4 is 5.78 Å². The van der Waals surface area contributed by atoms with E-state index >= 15 is 0 Å². The molecule has 0 aromatic heterocycles. The Morgan fingerprint density at radius 1 is 1.19 bits per heavy atom. The van der Waals surface area contributed by atoms with Crippen LogP contribution in [0.3, 0.4) is 0 Å². The van der Waals surface area contributed by atoms with Gasteiger partial charge in [-0.25, -0.2) is 0 Å². The van der Waals surface area contributed by atoms with Gasteiger partial charge in [-0.05, 0) is 18.6 Å². The zero-order valence-electron chi connectivity index (χ0n) is 9.22. The van der Waals surface area contributed by atoms with Gasteiger partial charge in [-0.15, -0.1) is 0 Å². The zero-order valence-corrected chi connectivity index (χ0v) is 9.22. The average molecular weight is 220 g/mol. The first-order valence-electron chi connectivity index (χ1n) is 5.66. The molecule has 0 saturated heterocycles. The van der Waals surface area contributed by atoms with E-state index in [1.165, 1.54) is 0 Å². The van der Waals surface area contributed by atoms with E-state index in [9.17, 15) is 4.79 Å². The number of rotatable bonds is 5. The molecule has 1 saturated carbocycles. The molecule has 2 rings (SSSR count). The molecule has 1 fully saturated rings. The van der Waals surface area contributed by atoms with Crippen molar-refractivity contribution in [2.24, 2.45) is 0 Å². The number of benzene rings is 1. The smallest absolute Gasteiger partial charge is 0.135 e. The van der Waals surface area contributed by atoms with Crippen LogP contribution in [0.15, 0.2) is 30.3 Å². The molecular weight excluding hydrogens is 204 g/mol. The highest BCUT2D eigenvalue weighted by Crippen LogP contribution is 2.17. The van der Waals surface area contributed by atoms with Gasteiger partial charge in [-0.1, -0.05) is 18.2 Å². The van der Waals surface area contributed by atoms with Gasteiger partial charge in [0, 0.05) is 12.8 Å². The minimum Gasteiger partial charge on any atom is -0.491 e. The molecule has 0 radical (unpaired) electrons. The van der Waals surface area contributed by atoms with E-state index in [2.05, 4.69) is 0 Å².